The molecule has 0 bridgehead atoms. The molecular weight excluding hydrogens is 238 g/mol. The van der Waals surface area contributed by atoms with E-state index in [2.05, 4.69) is 42.9 Å². The molecule has 0 saturated heterocycles. The molecule has 2 atom stereocenters. The molecule has 0 saturated carbocycles. The molecule has 4 nitrogen and oxygen atoms in total. The molecule has 19 heavy (non-hydrogen) atoms. The predicted octanol–water partition coefficient (Wildman–Crippen LogP) is 3.16. The maximum Gasteiger partial charge on any atom is 0.222 e. The van der Waals surface area contributed by atoms with Crippen LogP contribution in [0.4, 0.5) is 5.82 Å². The molecule has 0 fully saturated rings. The normalized spacial score (nSPS) is 22.7. The summed E-state index contributed by atoms with van der Waals surface area (Å²) in [7, 11) is 0. The van der Waals surface area contributed by atoms with Crippen LogP contribution in [0.2, 0.25) is 0 Å². The van der Waals surface area contributed by atoms with Gasteiger partial charge in [0.25, 0.3) is 0 Å². The van der Waals surface area contributed by atoms with Gasteiger partial charge in [-0.2, -0.15) is 0 Å². The average molecular weight is 261 g/mol. The summed E-state index contributed by atoms with van der Waals surface area (Å²) in [5.74, 6) is 2.65. The number of hydrogen-bond acceptors (Lipinski definition) is 4. The number of anilines is 1. The van der Waals surface area contributed by atoms with Crippen LogP contribution in [0.5, 0.6) is 5.88 Å². The first-order chi connectivity index (χ1) is 9.09. The van der Waals surface area contributed by atoms with E-state index in [1.165, 1.54) is 6.33 Å². The molecule has 0 aromatic carbocycles. The average Bonchev–Trinajstić information content (AvgIpc) is 2.37. The number of nitrogen functional groups attached to an aromatic ring is 1. The molecule has 2 N–H and O–H groups in total. The lowest BCUT2D eigenvalue weighted by molar-refractivity contribution is 0.190. The van der Waals surface area contributed by atoms with Crippen LogP contribution in [-0.4, -0.2) is 16.6 Å². The van der Waals surface area contributed by atoms with Crippen LogP contribution in [-0.2, 0) is 0 Å². The number of aromatic nitrogens is 2. The number of rotatable bonds is 4. The van der Waals surface area contributed by atoms with Crippen molar-refractivity contribution >= 4 is 5.82 Å². The third-order valence-corrected chi connectivity index (χ3v) is 3.81. The van der Waals surface area contributed by atoms with Crippen LogP contribution in [0.15, 0.2) is 18.5 Å². The Morgan fingerprint density at radius 1 is 1.32 bits per heavy atom. The van der Waals surface area contributed by atoms with E-state index >= 15 is 0 Å². The van der Waals surface area contributed by atoms with Gasteiger partial charge >= 0.3 is 0 Å². The highest BCUT2D eigenvalue weighted by Gasteiger charge is 2.21. The topological polar surface area (TPSA) is 61.0 Å². The van der Waals surface area contributed by atoms with Crippen molar-refractivity contribution in [3.05, 3.63) is 24.0 Å². The Balaban J connectivity index is 2.07. The standard InChI is InChI=1S/C15H23N3O/c1-10(2)13-14(16)17-9-18-15(13)19-8-12-7-5-4-6-11(12)3/h4-5,9-12H,6-8H2,1-3H3,(H2,16,17,18). The van der Waals surface area contributed by atoms with Gasteiger partial charge in [0.15, 0.2) is 0 Å². The second-order valence-corrected chi connectivity index (χ2v) is 5.62. The zero-order chi connectivity index (χ0) is 13.8. The van der Waals surface area contributed by atoms with Crippen molar-refractivity contribution in [3.8, 4) is 5.88 Å². The molecule has 0 aliphatic heterocycles. The Bertz CT molecular complexity index is 457. The summed E-state index contributed by atoms with van der Waals surface area (Å²) in [4.78, 5) is 8.29. The van der Waals surface area contributed by atoms with Crippen molar-refractivity contribution in [2.24, 2.45) is 11.8 Å². The maximum atomic E-state index is 5.92. The first kappa shape index (κ1) is 13.8. The lowest BCUT2D eigenvalue weighted by Gasteiger charge is -2.25. The number of allylic oxidation sites excluding steroid dienone is 2. The second-order valence-electron chi connectivity index (χ2n) is 5.62. The van der Waals surface area contributed by atoms with Crippen LogP contribution in [0.25, 0.3) is 0 Å². The minimum atomic E-state index is 0.264. The van der Waals surface area contributed by atoms with E-state index in [9.17, 15) is 0 Å². The lowest BCUT2D eigenvalue weighted by atomic mass is 9.85. The van der Waals surface area contributed by atoms with E-state index in [1.807, 2.05) is 0 Å². The van der Waals surface area contributed by atoms with Crippen molar-refractivity contribution in [1.82, 2.24) is 9.97 Å². The second kappa shape index (κ2) is 6.04. The van der Waals surface area contributed by atoms with Crippen LogP contribution >= 0.6 is 0 Å². The molecule has 104 valence electrons. The van der Waals surface area contributed by atoms with Gasteiger partial charge in [-0.1, -0.05) is 32.9 Å². The smallest absolute Gasteiger partial charge is 0.222 e. The highest BCUT2D eigenvalue weighted by atomic mass is 16.5. The monoisotopic (exact) mass is 261 g/mol. The first-order valence-electron chi connectivity index (χ1n) is 6.97. The summed E-state index contributed by atoms with van der Waals surface area (Å²) < 4.78 is 5.92. The molecule has 0 amide bonds. The summed E-state index contributed by atoms with van der Waals surface area (Å²) in [6.07, 6.45) is 8.19. The summed E-state index contributed by atoms with van der Waals surface area (Å²) in [5, 5.41) is 0. The molecule has 1 heterocycles. The fourth-order valence-corrected chi connectivity index (χ4v) is 2.47. The van der Waals surface area contributed by atoms with Crippen molar-refractivity contribution in [2.75, 3.05) is 12.3 Å². The van der Waals surface area contributed by atoms with E-state index in [1.54, 1.807) is 0 Å². The van der Waals surface area contributed by atoms with Gasteiger partial charge in [0.1, 0.15) is 12.1 Å². The van der Waals surface area contributed by atoms with Crippen LogP contribution < -0.4 is 10.5 Å². The Morgan fingerprint density at radius 2 is 2.05 bits per heavy atom. The molecule has 0 spiro atoms. The van der Waals surface area contributed by atoms with Gasteiger partial charge in [-0.25, -0.2) is 9.97 Å². The summed E-state index contributed by atoms with van der Waals surface area (Å²) >= 11 is 0. The van der Waals surface area contributed by atoms with Crippen molar-refractivity contribution in [2.45, 2.75) is 39.5 Å². The summed E-state index contributed by atoms with van der Waals surface area (Å²) in [5.41, 5.74) is 6.83. The van der Waals surface area contributed by atoms with Crippen molar-refractivity contribution in [1.29, 1.82) is 0 Å². The number of nitrogens with zero attached hydrogens (tertiary/aromatic N) is 2. The molecule has 2 rings (SSSR count). The van der Waals surface area contributed by atoms with Gasteiger partial charge < -0.3 is 10.5 Å². The van der Waals surface area contributed by atoms with Gasteiger partial charge in [0.05, 0.1) is 12.2 Å². The molecule has 1 aliphatic carbocycles. The zero-order valence-electron chi connectivity index (χ0n) is 12.0. The maximum absolute atomic E-state index is 5.92. The van der Waals surface area contributed by atoms with E-state index < -0.39 is 0 Å². The van der Waals surface area contributed by atoms with Crippen molar-refractivity contribution < 1.29 is 4.74 Å². The van der Waals surface area contributed by atoms with E-state index in [-0.39, 0.29) is 5.92 Å². The van der Waals surface area contributed by atoms with Gasteiger partial charge in [-0.3, -0.25) is 0 Å². The largest absolute Gasteiger partial charge is 0.477 e. The van der Waals surface area contributed by atoms with E-state index in [0.29, 0.717) is 30.1 Å². The molecule has 1 aromatic heterocycles. The third kappa shape index (κ3) is 3.25. The Hall–Kier alpha value is -1.58. The molecule has 2 unspecified atom stereocenters. The molecule has 1 aromatic rings. The lowest BCUT2D eigenvalue weighted by Crippen LogP contribution is -2.22. The predicted molar refractivity (Wildman–Crippen MR) is 77.1 cm³/mol. The zero-order valence-corrected chi connectivity index (χ0v) is 12.0. The number of hydrogen-bond donors (Lipinski definition) is 1. The quantitative estimate of drug-likeness (QED) is 0.846. The summed E-state index contributed by atoms with van der Waals surface area (Å²) in [6, 6.07) is 0. The van der Waals surface area contributed by atoms with Crippen LogP contribution in [0.3, 0.4) is 0 Å². The SMILES string of the molecule is CC(C)c1c(N)ncnc1OCC1CC=CCC1C. The van der Waals surface area contributed by atoms with Crippen molar-refractivity contribution in [3.63, 3.8) is 0 Å². The van der Waals surface area contributed by atoms with Gasteiger partial charge in [0.2, 0.25) is 5.88 Å². The molecule has 0 radical (unpaired) electrons. The number of nitrogens with two attached hydrogens (primary N) is 1. The first-order valence-corrected chi connectivity index (χ1v) is 6.97. The number of ether oxygens (including phenoxy) is 1. The van der Waals surface area contributed by atoms with E-state index in [0.717, 1.165) is 18.4 Å². The molecule has 4 heteroatoms. The Morgan fingerprint density at radius 3 is 2.74 bits per heavy atom. The fraction of sp³-hybridized carbons (Fsp3) is 0.600. The summed E-state index contributed by atoms with van der Waals surface area (Å²) in [6.45, 7) is 7.12. The molecule has 1 aliphatic rings. The molecular formula is C15H23N3O. The Labute approximate surface area is 115 Å². The highest BCUT2D eigenvalue weighted by molar-refractivity contribution is 5.46. The highest BCUT2D eigenvalue weighted by Crippen LogP contribution is 2.30. The minimum absolute atomic E-state index is 0.264. The minimum Gasteiger partial charge on any atom is -0.477 e. The van der Waals surface area contributed by atoms with Gasteiger partial charge in [-0.15, -0.1) is 0 Å². The van der Waals surface area contributed by atoms with Crippen LogP contribution in [0, 0.1) is 11.8 Å². The van der Waals surface area contributed by atoms with Gasteiger partial charge in [-0.05, 0) is 30.6 Å². The fourth-order valence-electron chi connectivity index (χ4n) is 2.47. The third-order valence-electron chi connectivity index (χ3n) is 3.81. The Kier molecular flexibility index (Phi) is 4.40. The van der Waals surface area contributed by atoms with Crippen LogP contribution in [0.1, 0.15) is 45.1 Å². The van der Waals surface area contributed by atoms with E-state index in [4.69, 9.17) is 10.5 Å². The van der Waals surface area contributed by atoms with Gasteiger partial charge in [0, 0.05) is 0 Å².